The Morgan fingerprint density at radius 1 is 1.13 bits per heavy atom. The summed E-state index contributed by atoms with van der Waals surface area (Å²) in [5.74, 6) is 0.564. The van der Waals surface area contributed by atoms with Crippen molar-refractivity contribution < 1.29 is 9.13 Å². The van der Waals surface area contributed by atoms with E-state index in [-0.39, 0.29) is 5.82 Å². The number of ether oxygens (including phenoxy) is 1. The van der Waals surface area contributed by atoms with Crippen LogP contribution in [-0.2, 0) is 0 Å². The minimum atomic E-state index is -0.337. The third kappa shape index (κ3) is 2.47. The molecule has 1 radical (unpaired) electrons. The lowest BCUT2D eigenvalue weighted by Crippen LogP contribution is -1.88. The fraction of sp³-hybridized carbons (Fsp3) is 0. The van der Waals surface area contributed by atoms with Crippen LogP contribution < -0.4 is 10.5 Å². The third-order valence-corrected chi connectivity index (χ3v) is 1.81. The lowest BCUT2D eigenvalue weighted by molar-refractivity contribution is 0.476. The minimum Gasteiger partial charge on any atom is -0.457 e. The van der Waals surface area contributed by atoms with Crippen molar-refractivity contribution in [3.63, 3.8) is 0 Å². The first-order valence-electron chi connectivity index (χ1n) is 4.45. The summed E-state index contributed by atoms with van der Waals surface area (Å²) in [6, 6.07) is 13.9. The van der Waals surface area contributed by atoms with E-state index < -0.39 is 0 Å². The molecule has 0 spiro atoms. The molecule has 0 fully saturated rings. The number of hydrogen-bond donors (Lipinski definition) is 1. The molecule has 15 heavy (non-hydrogen) atoms. The van der Waals surface area contributed by atoms with Gasteiger partial charge in [0.2, 0.25) is 0 Å². The molecule has 3 heteroatoms. The third-order valence-electron chi connectivity index (χ3n) is 1.81. The predicted molar refractivity (Wildman–Crippen MR) is 56.2 cm³/mol. The Bertz CT molecular complexity index is 427. The highest BCUT2D eigenvalue weighted by atomic mass is 19.1. The number of rotatable bonds is 2. The molecule has 2 nitrogen and oxygen atoms in total. The van der Waals surface area contributed by atoms with Gasteiger partial charge in [-0.05, 0) is 24.3 Å². The van der Waals surface area contributed by atoms with E-state index in [0.717, 1.165) is 0 Å². The highest BCUT2D eigenvalue weighted by Crippen LogP contribution is 2.22. The molecule has 2 N–H and O–H groups in total. The Morgan fingerprint density at radius 2 is 1.93 bits per heavy atom. The van der Waals surface area contributed by atoms with E-state index in [9.17, 15) is 4.39 Å². The number of benzene rings is 2. The van der Waals surface area contributed by atoms with Crippen molar-refractivity contribution in [3.05, 3.63) is 54.3 Å². The zero-order valence-electron chi connectivity index (χ0n) is 7.91. The molecule has 2 aromatic rings. The van der Waals surface area contributed by atoms with Crippen molar-refractivity contribution in [1.29, 1.82) is 0 Å². The van der Waals surface area contributed by atoms with E-state index in [1.165, 1.54) is 12.1 Å². The maximum atomic E-state index is 12.8. The first-order chi connectivity index (χ1) is 7.24. The lowest BCUT2D eigenvalue weighted by atomic mass is 10.3. The molecule has 0 aliphatic rings. The monoisotopic (exact) mass is 202 g/mol. The van der Waals surface area contributed by atoms with Crippen molar-refractivity contribution in [2.75, 3.05) is 5.73 Å². The molecule has 0 aliphatic carbocycles. The SMILES string of the molecule is Nc1[c]c(Oc2cccc(F)c2)ccc1. The van der Waals surface area contributed by atoms with Crippen LogP contribution in [0.3, 0.4) is 0 Å². The van der Waals surface area contributed by atoms with Crippen LogP contribution in [0.25, 0.3) is 0 Å². The Hall–Kier alpha value is -2.03. The molecule has 75 valence electrons. The maximum absolute atomic E-state index is 12.8. The van der Waals surface area contributed by atoms with Crippen molar-refractivity contribution in [3.8, 4) is 11.5 Å². The summed E-state index contributed by atoms with van der Waals surface area (Å²) in [7, 11) is 0. The van der Waals surface area contributed by atoms with Gasteiger partial charge >= 0.3 is 0 Å². The van der Waals surface area contributed by atoms with Crippen LogP contribution in [0.4, 0.5) is 10.1 Å². The molecular formula is C12H9FNO. The lowest BCUT2D eigenvalue weighted by Gasteiger charge is -2.05. The quantitative estimate of drug-likeness (QED) is 0.760. The van der Waals surface area contributed by atoms with Crippen LogP contribution in [0, 0.1) is 11.9 Å². The van der Waals surface area contributed by atoms with Crippen molar-refractivity contribution in [1.82, 2.24) is 0 Å². The number of nitrogens with two attached hydrogens (primary N) is 1. The van der Waals surface area contributed by atoms with E-state index in [0.29, 0.717) is 17.2 Å². The highest BCUT2D eigenvalue weighted by molar-refractivity contribution is 5.43. The average Bonchev–Trinajstić information content (AvgIpc) is 2.17. The van der Waals surface area contributed by atoms with Gasteiger partial charge in [-0.1, -0.05) is 12.1 Å². The van der Waals surface area contributed by atoms with E-state index >= 15 is 0 Å². The van der Waals surface area contributed by atoms with E-state index in [2.05, 4.69) is 6.07 Å². The van der Waals surface area contributed by atoms with Gasteiger partial charge in [0.15, 0.2) is 0 Å². The second-order valence-electron chi connectivity index (χ2n) is 3.03. The Balaban J connectivity index is 2.22. The van der Waals surface area contributed by atoms with Gasteiger partial charge in [-0.15, -0.1) is 0 Å². The van der Waals surface area contributed by atoms with Gasteiger partial charge in [-0.25, -0.2) is 4.39 Å². The van der Waals surface area contributed by atoms with Crippen LogP contribution in [0.15, 0.2) is 42.5 Å². The van der Waals surface area contributed by atoms with Gasteiger partial charge in [0.25, 0.3) is 0 Å². The largest absolute Gasteiger partial charge is 0.457 e. The molecule has 2 aromatic carbocycles. The fourth-order valence-electron chi connectivity index (χ4n) is 1.18. The topological polar surface area (TPSA) is 35.2 Å². The number of anilines is 1. The van der Waals surface area contributed by atoms with Gasteiger partial charge in [0.1, 0.15) is 17.3 Å². The standard InChI is InChI=1S/C12H9FNO/c13-9-3-1-5-11(7-9)15-12-6-2-4-10(14)8-12/h1-7H,14H2. The number of nitrogen functional groups attached to an aromatic ring is 1. The summed E-state index contributed by atoms with van der Waals surface area (Å²) in [5.41, 5.74) is 6.02. The smallest absolute Gasteiger partial charge is 0.137 e. The van der Waals surface area contributed by atoms with Crippen LogP contribution in [0.2, 0.25) is 0 Å². The first-order valence-corrected chi connectivity index (χ1v) is 4.45. The summed E-state index contributed by atoms with van der Waals surface area (Å²) >= 11 is 0. The van der Waals surface area contributed by atoms with E-state index in [1.54, 1.807) is 30.3 Å². The second-order valence-corrected chi connectivity index (χ2v) is 3.03. The molecule has 0 amide bonds. The molecule has 0 bridgehead atoms. The van der Waals surface area contributed by atoms with Crippen LogP contribution in [0.5, 0.6) is 11.5 Å². The summed E-state index contributed by atoms with van der Waals surface area (Å²) in [5, 5.41) is 0. The minimum absolute atomic E-state index is 0.337. The zero-order chi connectivity index (χ0) is 10.7. The molecule has 0 unspecified atom stereocenters. The Morgan fingerprint density at radius 3 is 2.67 bits per heavy atom. The van der Waals surface area contributed by atoms with Gasteiger partial charge in [-0.2, -0.15) is 0 Å². The fourth-order valence-corrected chi connectivity index (χ4v) is 1.18. The molecular weight excluding hydrogens is 193 g/mol. The molecule has 0 aromatic heterocycles. The second kappa shape index (κ2) is 4.00. The van der Waals surface area contributed by atoms with Gasteiger partial charge < -0.3 is 10.5 Å². The molecule has 2 rings (SSSR count). The predicted octanol–water partition coefficient (Wildman–Crippen LogP) is 3.00. The van der Waals surface area contributed by atoms with Gasteiger partial charge in [-0.3, -0.25) is 0 Å². The molecule has 0 saturated carbocycles. The zero-order valence-corrected chi connectivity index (χ0v) is 7.91. The first kappa shape index (κ1) is 9.52. The van der Waals surface area contributed by atoms with Crippen molar-refractivity contribution in [2.45, 2.75) is 0 Å². The maximum Gasteiger partial charge on any atom is 0.137 e. The summed E-state index contributed by atoms with van der Waals surface area (Å²) in [6.45, 7) is 0. The van der Waals surface area contributed by atoms with Gasteiger partial charge in [0.05, 0.1) is 6.07 Å². The normalized spacial score (nSPS) is 9.93. The molecule has 0 atom stereocenters. The highest BCUT2D eigenvalue weighted by Gasteiger charge is 1.99. The number of halogens is 1. The summed E-state index contributed by atoms with van der Waals surface area (Å²) in [4.78, 5) is 0. The number of hydrogen-bond acceptors (Lipinski definition) is 2. The summed E-state index contributed by atoms with van der Waals surface area (Å²) < 4.78 is 18.2. The van der Waals surface area contributed by atoms with Gasteiger partial charge in [0, 0.05) is 11.8 Å². The molecule has 0 saturated heterocycles. The van der Waals surface area contributed by atoms with Crippen molar-refractivity contribution in [2.24, 2.45) is 0 Å². The van der Waals surface area contributed by atoms with Crippen LogP contribution in [0.1, 0.15) is 0 Å². The summed E-state index contributed by atoms with van der Waals surface area (Å²) in [6.07, 6.45) is 0. The van der Waals surface area contributed by atoms with Crippen LogP contribution >= 0.6 is 0 Å². The van der Waals surface area contributed by atoms with E-state index in [4.69, 9.17) is 10.5 Å². The van der Waals surface area contributed by atoms with Crippen LogP contribution in [-0.4, -0.2) is 0 Å². The van der Waals surface area contributed by atoms with E-state index in [1.807, 2.05) is 0 Å². The van der Waals surface area contributed by atoms with Crippen molar-refractivity contribution >= 4 is 5.69 Å². The molecule has 0 heterocycles. The Kier molecular flexibility index (Phi) is 2.54. The average molecular weight is 202 g/mol. The molecule has 0 aliphatic heterocycles. The Labute approximate surface area is 87.1 Å².